The van der Waals surface area contributed by atoms with Crippen molar-refractivity contribution in [2.24, 2.45) is 0 Å². The minimum absolute atomic E-state index is 0.0166. The second kappa shape index (κ2) is 9.49. The van der Waals surface area contributed by atoms with Crippen LogP contribution in [-0.4, -0.2) is 35.3 Å². The molecule has 0 spiro atoms. The fraction of sp³-hybridized carbons (Fsp3) is 0.391. The van der Waals surface area contributed by atoms with Gasteiger partial charge in [-0.15, -0.1) is 0 Å². The highest BCUT2D eigenvalue weighted by atomic mass is 35.5. The van der Waals surface area contributed by atoms with E-state index in [2.05, 4.69) is 5.32 Å². The van der Waals surface area contributed by atoms with Gasteiger partial charge in [-0.25, -0.2) is 4.79 Å². The molecule has 2 aromatic carbocycles. The third-order valence-electron chi connectivity index (χ3n) is 4.98. The van der Waals surface area contributed by atoms with Crippen LogP contribution in [0.1, 0.15) is 48.2 Å². The van der Waals surface area contributed by atoms with Gasteiger partial charge >= 0.3 is 5.97 Å². The van der Waals surface area contributed by atoms with Crippen LogP contribution in [0.15, 0.2) is 42.5 Å². The molecule has 7 heteroatoms. The Labute approximate surface area is 181 Å². The van der Waals surface area contributed by atoms with Crippen LogP contribution in [0, 0.1) is 0 Å². The van der Waals surface area contributed by atoms with Crippen molar-refractivity contribution in [3.63, 3.8) is 0 Å². The highest BCUT2D eigenvalue weighted by Gasteiger charge is 2.42. The molecule has 0 aliphatic carbocycles. The zero-order valence-electron chi connectivity index (χ0n) is 17.1. The van der Waals surface area contributed by atoms with Crippen molar-refractivity contribution < 1.29 is 24.2 Å². The quantitative estimate of drug-likeness (QED) is 0.653. The molecule has 1 aliphatic heterocycles. The lowest BCUT2D eigenvalue weighted by Crippen LogP contribution is -2.40. The van der Waals surface area contributed by atoms with Crippen molar-refractivity contribution in [1.29, 1.82) is 0 Å². The number of rotatable bonds is 8. The first kappa shape index (κ1) is 22.1. The number of hydrogen-bond donors (Lipinski definition) is 2. The standard InChI is InChI=1S/C23H26ClNO5/c1-15(2)30-18-7-8-19(20(24)12-18)21(26)25-14-17-6-3-5-16(11-17)13-23(22(27)28)9-4-10-29-23/h3,5-8,11-12,15H,4,9-10,13-14H2,1-2H3,(H,25,26)(H,27,28). The summed E-state index contributed by atoms with van der Waals surface area (Å²) in [6.07, 6.45) is 1.55. The molecule has 30 heavy (non-hydrogen) atoms. The SMILES string of the molecule is CC(C)Oc1ccc(C(=O)NCc2cccc(CC3(C(=O)O)CCCO3)c2)c(Cl)c1. The van der Waals surface area contributed by atoms with E-state index in [1.807, 2.05) is 38.1 Å². The van der Waals surface area contributed by atoms with Gasteiger partial charge in [0.1, 0.15) is 5.75 Å². The van der Waals surface area contributed by atoms with E-state index in [0.717, 1.165) is 17.5 Å². The zero-order valence-corrected chi connectivity index (χ0v) is 17.9. The summed E-state index contributed by atoms with van der Waals surface area (Å²) in [6.45, 7) is 4.59. The van der Waals surface area contributed by atoms with E-state index >= 15 is 0 Å². The molecular formula is C23H26ClNO5. The van der Waals surface area contributed by atoms with Crippen LogP contribution in [0.2, 0.25) is 5.02 Å². The van der Waals surface area contributed by atoms with Crippen molar-refractivity contribution in [2.75, 3.05) is 6.61 Å². The molecule has 160 valence electrons. The molecule has 3 rings (SSSR count). The van der Waals surface area contributed by atoms with Gasteiger partial charge in [0.15, 0.2) is 5.60 Å². The zero-order chi connectivity index (χ0) is 21.7. The van der Waals surface area contributed by atoms with Gasteiger partial charge in [0.25, 0.3) is 5.91 Å². The van der Waals surface area contributed by atoms with Crippen molar-refractivity contribution >= 4 is 23.5 Å². The molecule has 1 saturated heterocycles. The Morgan fingerprint density at radius 3 is 2.63 bits per heavy atom. The van der Waals surface area contributed by atoms with E-state index in [1.54, 1.807) is 18.2 Å². The van der Waals surface area contributed by atoms with Gasteiger partial charge in [-0.2, -0.15) is 0 Å². The van der Waals surface area contributed by atoms with Crippen LogP contribution < -0.4 is 10.1 Å². The number of amides is 1. The monoisotopic (exact) mass is 431 g/mol. The minimum Gasteiger partial charge on any atom is -0.491 e. The van der Waals surface area contributed by atoms with E-state index < -0.39 is 11.6 Å². The smallest absolute Gasteiger partial charge is 0.336 e. The third-order valence-corrected chi connectivity index (χ3v) is 5.30. The summed E-state index contributed by atoms with van der Waals surface area (Å²) < 4.78 is 11.1. The number of carbonyl (C=O) groups excluding carboxylic acids is 1. The number of nitrogens with one attached hydrogen (secondary N) is 1. The van der Waals surface area contributed by atoms with E-state index in [1.165, 1.54) is 0 Å². The largest absolute Gasteiger partial charge is 0.491 e. The lowest BCUT2D eigenvalue weighted by Gasteiger charge is -2.23. The van der Waals surface area contributed by atoms with E-state index in [-0.39, 0.29) is 12.0 Å². The summed E-state index contributed by atoms with van der Waals surface area (Å²) in [5.41, 5.74) is 0.942. The number of halogens is 1. The fourth-order valence-corrected chi connectivity index (χ4v) is 3.82. The summed E-state index contributed by atoms with van der Waals surface area (Å²) >= 11 is 6.24. The molecule has 6 nitrogen and oxygen atoms in total. The molecule has 1 heterocycles. The summed E-state index contributed by atoms with van der Waals surface area (Å²) in [5.74, 6) is -0.610. The number of carbonyl (C=O) groups is 2. The number of aliphatic carboxylic acids is 1. The van der Waals surface area contributed by atoms with Crippen LogP contribution in [0.3, 0.4) is 0 Å². The maximum atomic E-state index is 12.5. The molecule has 1 amide bonds. The van der Waals surface area contributed by atoms with Gasteiger partial charge < -0.3 is 19.9 Å². The predicted octanol–water partition coefficient (Wildman–Crippen LogP) is 4.23. The van der Waals surface area contributed by atoms with Crippen LogP contribution in [-0.2, 0) is 22.5 Å². The Balaban J connectivity index is 1.64. The number of benzene rings is 2. The molecule has 1 aliphatic rings. The van der Waals surface area contributed by atoms with Crippen molar-refractivity contribution in [3.8, 4) is 5.75 Å². The van der Waals surface area contributed by atoms with Gasteiger partial charge in [0.05, 0.1) is 16.7 Å². The van der Waals surface area contributed by atoms with Crippen LogP contribution >= 0.6 is 11.6 Å². The van der Waals surface area contributed by atoms with Gasteiger partial charge in [0, 0.05) is 19.6 Å². The van der Waals surface area contributed by atoms with E-state index in [4.69, 9.17) is 21.1 Å². The fourth-order valence-electron chi connectivity index (χ4n) is 3.56. The van der Waals surface area contributed by atoms with Gasteiger partial charge in [-0.05, 0) is 56.0 Å². The lowest BCUT2D eigenvalue weighted by molar-refractivity contribution is -0.159. The molecule has 1 fully saturated rings. The number of carboxylic acids is 1. The van der Waals surface area contributed by atoms with Crippen molar-refractivity contribution in [2.45, 2.75) is 51.4 Å². The number of carboxylic acid groups (broad SMARTS) is 1. The first-order chi connectivity index (χ1) is 14.3. The summed E-state index contributed by atoms with van der Waals surface area (Å²) in [7, 11) is 0. The summed E-state index contributed by atoms with van der Waals surface area (Å²) in [4.78, 5) is 24.2. The van der Waals surface area contributed by atoms with E-state index in [9.17, 15) is 14.7 Å². The molecule has 1 atom stereocenters. The Hall–Kier alpha value is -2.57. The lowest BCUT2D eigenvalue weighted by atomic mass is 9.91. The Bertz CT molecular complexity index is 922. The van der Waals surface area contributed by atoms with Crippen LogP contribution in [0.4, 0.5) is 0 Å². The molecule has 2 aromatic rings. The second-order valence-electron chi connectivity index (χ2n) is 7.74. The molecule has 0 saturated carbocycles. The van der Waals surface area contributed by atoms with Crippen LogP contribution in [0.25, 0.3) is 0 Å². The Morgan fingerprint density at radius 2 is 2.00 bits per heavy atom. The maximum absolute atomic E-state index is 12.5. The topological polar surface area (TPSA) is 84.9 Å². The Kier molecular flexibility index (Phi) is 7.00. The maximum Gasteiger partial charge on any atom is 0.336 e. The molecule has 0 radical (unpaired) electrons. The molecule has 0 aromatic heterocycles. The first-order valence-corrected chi connectivity index (χ1v) is 10.4. The van der Waals surface area contributed by atoms with Crippen molar-refractivity contribution in [1.82, 2.24) is 5.32 Å². The minimum atomic E-state index is -1.16. The van der Waals surface area contributed by atoms with Crippen LogP contribution in [0.5, 0.6) is 5.75 Å². The van der Waals surface area contributed by atoms with Gasteiger partial charge in [-0.3, -0.25) is 4.79 Å². The predicted molar refractivity (Wildman–Crippen MR) is 114 cm³/mol. The highest BCUT2D eigenvalue weighted by molar-refractivity contribution is 6.34. The molecule has 1 unspecified atom stereocenters. The first-order valence-electron chi connectivity index (χ1n) is 9.99. The average molecular weight is 432 g/mol. The average Bonchev–Trinajstić information content (AvgIpc) is 3.16. The number of hydrogen-bond acceptors (Lipinski definition) is 4. The third kappa shape index (κ3) is 5.32. The summed E-state index contributed by atoms with van der Waals surface area (Å²) in [6, 6.07) is 12.5. The molecule has 2 N–H and O–H groups in total. The van der Waals surface area contributed by atoms with Gasteiger partial charge in [0.2, 0.25) is 0 Å². The highest BCUT2D eigenvalue weighted by Crippen LogP contribution is 2.30. The van der Waals surface area contributed by atoms with E-state index in [0.29, 0.717) is 42.3 Å². The summed E-state index contributed by atoms with van der Waals surface area (Å²) in [5, 5.41) is 12.8. The normalized spacial score (nSPS) is 18.4. The van der Waals surface area contributed by atoms with Crippen molar-refractivity contribution in [3.05, 3.63) is 64.2 Å². The second-order valence-corrected chi connectivity index (χ2v) is 8.15. The molecular weight excluding hydrogens is 406 g/mol. The number of ether oxygens (including phenoxy) is 2. The van der Waals surface area contributed by atoms with Gasteiger partial charge in [-0.1, -0.05) is 35.9 Å². The Morgan fingerprint density at radius 1 is 1.23 bits per heavy atom. The molecule has 0 bridgehead atoms.